The van der Waals surface area contributed by atoms with E-state index < -0.39 is 17.3 Å². The molecule has 0 aliphatic heterocycles. The third-order valence-corrected chi connectivity index (χ3v) is 4.12. The number of alkyl halides is 3. The molecule has 0 amide bonds. The minimum atomic E-state index is -4.41. The molecule has 1 nitrogen and oxygen atoms in total. The van der Waals surface area contributed by atoms with Crippen LogP contribution in [0, 0.1) is 0 Å². The number of hydrogen-bond acceptors (Lipinski definition) is 1. The second-order valence-electron chi connectivity index (χ2n) is 5.50. The van der Waals surface area contributed by atoms with Crippen LogP contribution in [0.1, 0.15) is 37.8 Å². The molecule has 0 aromatic heterocycles. The molecule has 1 fully saturated rings. The van der Waals surface area contributed by atoms with Crippen molar-refractivity contribution in [3.8, 4) is 0 Å². The van der Waals surface area contributed by atoms with E-state index in [-0.39, 0.29) is 10.4 Å². The molecule has 2 N–H and O–H groups in total. The quantitative estimate of drug-likeness (QED) is 0.864. The summed E-state index contributed by atoms with van der Waals surface area (Å²) in [6, 6.07) is 3.95. The highest BCUT2D eigenvalue weighted by Crippen LogP contribution is 2.55. The average molecular weight is 278 g/mol. The molecule has 1 aromatic rings. The SMILES string of the molecule is CC(C)(N)C1(c2ccc(C(F)(F)F)c(Cl)c2)CC1. The summed E-state index contributed by atoms with van der Waals surface area (Å²) in [7, 11) is 0. The maximum absolute atomic E-state index is 12.6. The second kappa shape index (κ2) is 3.87. The molecule has 5 heteroatoms. The van der Waals surface area contributed by atoms with Crippen LogP contribution in [-0.2, 0) is 11.6 Å². The molecule has 0 spiro atoms. The van der Waals surface area contributed by atoms with Gasteiger partial charge in [0.25, 0.3) is 0 Å². The zero-order valence-electron chi connectivity index (χ0n) is 10.2. The number of nitrogens with two attached hydrogens (primary N) is 1. The van der Waals surface area contributed by atoms with Crippen molar-refractivity contribution >= 4 is 11.6 Å². The molecule has 0 bridgehead atoms. The maximum Gasteiger partial charge on any atom is 0.417 e. The third-order valence-electron chi connectivity index (χ3n) is 3.81. The third kappa shape index (κ3) is 2.12. The molecule has 0 saturated heterocycles. The van der Waals surface area contributed by atoms with Crippen molar-refractivity contribution in [2.75, 3.05) is 0 Å². The van der Waals surface area contributed by atoms with Gasteiger partial charge in [-0.05, 0) is 44.4 Å². The van der Waals surface area contributed by atoms with Gasteiger partial charge >= 0.3 is 6.18 Å². The Morgan fingerprint density at radius 3 is 2.11 bits per heavy atom. The van der Waals surface area contributed by atoms with Gasteiger partial charge in [-0.25, -0.2) is 0 Å². The highest BCUT2D eigenvalue weighted by Gasteiger charge is 2.54. The van der Waals surface area contributed by atoms with Crippen LogP contribution >= 0.6 is 11.6 Å². The average Bonchev–Trinajstić information content (AvgIpc) is 2.94. The number of benzene rings is 1. The van der Waals surface area contributed by atoms with Gasteiger partial charge in [0.1, 0.15) is 0 Å². The van der Waals surface area contributed by atoms with Crippen LogP contribution in [0.3, 0.4) is 0 Å². The lowest BCUT2D eigenvalue weighted by atomic mass is 9.79. The Balaban J connectivity index is 2.43. The standard InChI is InChI=1S/C13H15ClF3N/c1-11(2,18)12(5-6-12)8-3-4-9(10(14)7-8)13(15,16)17/h3-4,7H,5-6,18H2,1-2H3. The first kappa shape index (κ1) is 13.7. The summed E-state index contributed by atoms with van der Waals surface area (Å²) >= 11 is 5.74. The number of hydrogen-bond donors (Lipinski definition) is 1. The van der Waals surface area contributed by atoms with Crippen molar-refractivity contribution < 1.29 is 13.2 Å². The van der Waals surface area contributed by atoms with E-state index in [9.17, 15) is 13.2 Å². The van der Waals surface area contributed by atoms with Crippen LogP contribution < -0.4 is 5.73 Å². The van der Waals surface area contributed by atoms with E-state index in [0.29, 0.717) is 0 Å². The lowest BCUT2D eigenvalue weighted by Crippen LogP contribution is -2.45. The van der Waals surface area contributed by atoms with Gasteiger partial charge in [0, 0.05) is 11.0 Å². The van der Waals surface area contributed by atoms with Crippen LogP contribution in [0.5, 0.6) is 0 Å². The summed E-state index contributed by atoms with van der Waals surface area (Å²) in [6.45, 7) is 3.79. The lowest BCUT2D eigenvalue weighted by Gasteiger charge is -2.31. The number of halogens is 4. The molecule has 18 heavy (non-hydrogen) atoms. The van der Waals surface area contributed by atoms with Crippen molar-refractivity contribution in [2.24, 2.45) is 5.73 Å². The summed E-state index contributed by atoms with van der Waals surface area (Å²) < 4.78 is 37.9. The zero-order chi connectivity index (χ0) is 13.8. The predicted molar refractivity (Wildman–Crippen MR) is 65.6 cm³/mol. The first-order chi connectivity index (χ1) is 8.08. The van der Waals surface area contributed by atoms with E-state index >= 15 is 0 Å². The van der Waals surface area contributed by atoms with Gasteiger partial charge < -0.3 is 5.73 Å². The molecule has 0 atom stereocenters. The van der Waals surface area contributed by atoms with Crippen molar-refractivity contribution in [2.45, 2.75) is 43.8 Å². The minimum Gasteiger partial charge on any atom is -0.325 e. The molecular weight excluding hydrogens is 263 g/mol. The van der Waals surface area contributed by atoms with Crippen LogP contribution in [0.25, 0.3) is 0 Å². The minimum absolute atomic E-state index is 0.235. The Morgan fingerprint density at radius 2 is 1.78 bits per heavy atom. The van der Waals surface area contributed by atoms with E-state index in [1.165, 1.54) is 12.1 Å². The fourth-order valence-electron chi connectivity index (χ4n) is 2.47. The summed E-state index contributed by atoms with van der Waals surface area (Å²) in [5.74, 6) is 0. The lowest BCUT2D eigenvalue weighted by molar-refractivity contribution is -0.137. The molecule has 1 saturated carbocycles. The smallest absolute Gasteiger partial charge is 0.325 e. The Labute approximate surface area is 109 Å². The molecular formula is C13H15ClF3N. The molecule has 2 rings (SSSR count). The summed E-state index contributed by atoms with van der Waals surface area (Å²) in [6.07, 6.45) is -2.64. The van der Waals surface area contributed by atoms with Gasteiger partial charge in [-0.15, -0.1) is 0 Å². The molecule has 0 unspecified atom stereocenters. The van der Waals surface area contributed by atoms with E-state index in [1.54, 1.807) is 0 Å². The van der Waals surface area contributed by atoms with E-state index in [4.69, 9.17) is 17.3 Å². The number of rotatable bonds is 2. The Hall–Kier alpha value is -0.740. The maximum atomic E-state index is 12.6. The summed E-state index contributed by atoms with van der Waals surface area (Å²) in [4.78, 5) is 0. The topological polar surface area (TPSA) is 26.0 Å². The van der Waals surface area contributed by atoms with Gasteiger partial charge in [0.15, 0.2) is 0 Å². The van der Waals surface area contributed by atoms with Crippen LogP contribution in [0.15, 0.2) is 18.2 Å². The molecule has 0 radical (unpaired) electrons. The highest BCUT2D eigenvalue weighted by molar-refractivity contribution is 6.31. The molecule has 0 heterocycles. The van der Waals surface area contributed by atoms with Gasteiger partial charge in [-0.3, -0.25) is 0 Å². The van der Waals surface area contributed by atoms with E-state index in [2.05, 4.69) is 0 Å². The first-order valence-corrected chi connectivity index (χ1v) is 6.12. The second-order valence-corrected chi connectivity index (χ2v) is 5.90. The monoisotopic (exact) mass is 277 g/mol. The first-order valence-electron chi connectivity index (χ1n) is 5.74. The fourth-order valence-corrected chi connectivity index (χ4v) is 2.76. The Kier molecular flexibility index (Phi) is 2.95. The van der Waals surface area contributed by atoms with Gasteiger partial charge in [0.2, 0.25) is 0 Å². The van der Waals surface area contributed by atoms with Crippen LogP contribution in [-0.4, -0.2) is 5.54 Å². The predicted octanol–water partition coefficient (Wildman–Crippen LogP) is 4.13. The van der Waals surface area contributed by atoms with Gasteiger partial charge in [-0.2, -0.15) is 13.2 Å². The van der Waals surface area contributed by atoms with Gasteiger partial charge in [-0.1, -0.05) is 17.7 Å². The Morgan fingerprint density at radius 1 is 1.22 bits per heavy atom. The summed E-state index contributed by atoms with van der Waals surface area (Å²) in [5.41, 5.74) is 5.42. The normalized spacial score (nSPS) is 18.8. The van der Waals surface area contributed by atoms with Gasteiger partial charge in [0.05, 0.1) is 10.6 Å². The van der Waals surface area contributed by atoms with Crippen molar-refractivity contribution in [1.29, 1.82) is 0 Å². The zero-order valence-corrected chi connectivity index (χ0v) is 11.0. The van der Waals surface area contributed by atoms with Crippen molar-refractivity contribution in [3.05, 3.63) is 34.3 Å². The van der Waals surface area contributed by atoms with Crippen molar-refractivity contribution in [3.63, 3.8) is 0 Å². The Bertz CT molecular complexity index is 470. The molecule has 100 valence electrons. The van der Waals surface area contributed by atoms with Crippen LogP contribution in [0.4, 0.5) is 13.2 Å². The summed E-state index contributed by atoms with van der Waals surface area (Å²) in [5, 5.41) is -0.254. The fraction of sp³-hybridized carbons (Fsp3) is 0.538. The largest absolute Gasteiger partial charge is 0.417 e. The molecule has 1 aliphatic rings. The molecule has 1 aromatic carbocycles. The van der Waals surface area contributed by atoms with Crippen molar-refractivity contribution in [1.82, 2.24) is 0 Å². The molecule has 1 aliphatic carbocycles. The van der Waals surface area contributed by atoms with Crippen LogP contribution in [0.2, 0.25) is 5.02 Å². The highest BCUT2D eigenvalue weighted by atomic mass is 35.5. The van der Waals surface area contributed by atoms with E-state index in [0.717, 1.165) is 24.5 Å². The van der Waals surface area contributed by atoms with E-state index in [1.807, 2.05) is 13.8 Å².